The molecule has 0 bridgehead atoms. The number of aliphatic hydroxyl groups is 1. The second kappa shape index (κ2) is 13.6. The summed E-state index contributed by atoms with van der Waals surface area (Å²) in [5.74, 6) is -5.60. The van der Waals surface area contributed by atoms with Crippen molar-refractivity contribution < 1.29 is 39.3 Å². The molecule has 1 aromatic heterocycles. The number of imidazole rings is 1. The summed E-state index contributed by atoms with van der Waals surface area (Å²) in [5, 5.41) is 34.7. The highest BCUT2D eigenvalue weighted by atomic mass is 16.4. The van der Waals surface area contributed by atoms with E-state index in [4.69, 9.17) is 10.8 Å². The molecule has 2 aromatic rings. The Labute approximate surface area is 205 Å². The summed E-state index contributed by atoms with van der Waals surface area (Å²) in [6, 6.07) is 2.77. The Morgan fingerprint density at radius 2 is 1.50 bits per heavy atom. The van der Waals surface area contributed by atoms with E-state index < -0.39 is 66.9 Å². The maximum Gasteiger partial charge on any atom is 0.326 e. The fourth-order valence-electron chi connectivity index (χ4n) is 3.17. The average molecular weight is 505 g/mol. The third-order valence-corrected chi connectivity index (χ3v) is 5.05. The van der Waals surface area contributed by atoms with Crippen LogP contribution in [-0.4, -0.2) is 85.7 Å². The molecule has 0 saturated carbocycles. The fourth-order valence-corrected chi connectivity index (χ4v) is 3.17. The van der Waals surface area contributed by atoms with Crippen LogP contribution in [-0.2, 0) is 36.8 Å². The van der Waals surface area contributed by atoms with Crippen LogP contribution < -0.4 is 21.7 Å². The van der Waals surface area contributed by atoms with E-state index in [1.165, 1.54) is 12.5 Å². The van der Waals surface area contributed by atoms with Gasteiger partial charge in [0.15, 0.2) is 0 Å². The van der Waals surface area contributed by atoms with E-state index in [0.717, 1.165) is 0 Å². The number of H-pyrrole nitrogens is 1. The second-order valence-electron chi connectivity index (χ2n) is 7.88. The molecular formula is C22H28N6O8. The Morgan fingerprint density at radius 3 is 2.06 bits per heavy atom. The van der Waals surface area contributed by atoms with Crippen LogP contribution in [0.4, 0.5) is 0 Å². The Hall–Kier alpha value is -4.30. The zero-order valence-corrected chi connectivity index (χ0v) is 19.1. The maximum atomic E-state index is 13.0. The number of hydrogen-bond acceptors (Lipinski definition) is 8. The topological polar surface area (TPSA) is 237 Å². The standard InChI is InChI=1S/C22H28N6O8/c23-14(10-29)19(32)26-15(7-13-9-24-11-25-13)20(33)27-16(8-18(30)31)21(34)28-17(22(35)36)6-12-4-2-1-3-5-12/h1-5,9,11,14-17,29H,6-8,10,23H2,(H,24,25)(H,26,32)(H,27,33)(H,28,34)(H,30,31)(H,35,36). The molecule has 0 aliphatic carbocycles. The van der Waals surface area contributed by atoms with Gasteiger partial charge in [0, 0.05) is 24.7 Å². The molecule has 0 radical (unpaired) electrons. The fraction of sp³-hybridized carbons (Fsp3) is 0.364. The monoisotopic (exact) mass is 504 g/mol. The van der Waals surface area contributed by atoms with Crippen molar-refractivity contribution in [2.75, 3.05) is 6.61 Å². The molecule has 0 saturated heterocycles. The molecule has 194 valence electrons. The average Bonchev–Trinajstić information content (AvgIpc) is 3.35. The van der Waals surface area contributed by atoms with E-state index in [9.17, 15) is 34.2 Å². The summed E-state index contributed by atoms with van der Waals surface area (Å²) in [7, 11) is 0. The zero-order chi connectivity index (χ0) is 26.7. The minimum absolute atomic E-state index is 0.0762. The molecule has 1 heterocycles. The van der Waals surface area contributed by atoms with E-state index >= 15 is 0 Å². The number of aromatic amines is 1. The highest BCUT2D eigenvalue weighted by Crippen LogP contribution is 2.06. The van der Waals surface area contributed by atoms with Crippen molar-refractivity contribution in [3.05, 3.63) is 54.1 Å². The van der Waals surface area contributed by atoms with Gasteiger partial charge in [-0.3, -0.25) is 19.2 Å². The first-order valence-corrected chi connectivity index (χ1v) is 10.8. The van der Waals surface area contributed by atoms with E-state index in [1.54, 1.807) is 30.3 Å². The molecule has 4 atom stereocenters. The number of rotatable bonds is 14. The van der Waals surface area contributed by atoms with Gasteiger partial charge in [0.1, 0.15) is 24.2 Å². The van der Waals surface area contributed by atoms with Gasteiger partial charge in [-0.1, -0.05) is 30.3 Å². The molecule has 0 spiro atoms. The molecule has 14 heteroatoms. The molecule has 3 amide bonds. The van der Waals surface area contributed by atoms with E-state index in [2.05, 4.69) is 25.9 Å². The van der Waals surface area contributed by atoms with Gasteiger partial charge in [-0.25, -0.2) is 9.78 Å². The van der Waals surface area contributed by atoms with E-state index in [1.807, 2.05) is 0 Å². The summed E-state index contributed by atoms with van der Waals surface area (Å²) in [4.78, 5) is 67.6. The molecule has 36 heavy (non-hydrogen) atoms. The van der Waals surface area contributed by atoms with Gasteiger partial charge in [0.2, 0.25) is 17.7 Å². The van der Waals surface area contributed by atoms with Crippen LogP contribution in [0.15, 0.2) is 42.9 Å². The van der Waals surface area contributed by atoms with Crippen molar-refractivity contribution in [2.45, 2.75) is 43.4 Å². The SMILES string of the molecule is NC(CO)C(=O)NC(Cc1cnc[nH]1)C(=O)NC(CC(=O)O)C(=O)NC(Cc1ccccc1)C(=O)O. The summed E-state index contributed by atoms with van der Waals surface area (Å²) in [6.07, 6.45) is 1.68. The van der Waals surface area contributed by atoms with Crippen LogP contribution in [0.2, 0.25) is 0 Å². The number of benzene rings is 1. The van der Waals surface area contributed by atoms with E-state index in [0.29, 0.717) is 11.3 Å². The Bertz CT molecular complexity index is 1050. The number of aliphatic carboxylic acids is 2. The maximum absolute atomic E-state index is 13.0. The van der Waals surface area contributed by atoms with Gasteiger partial charge >= 0.3 is 11.9 Å². The molecule has 0 fully saturated rings. The first kappa shape index (κ1) is 27.9. The Morgan fingerprint density at radius 1 is 0.889 bits per heavy atom. The number of amides is 3. The number of nitrogens with zero attached hydrogens (tertiary/aromatic N) is 1. The lowest BCUT2D eigenvalue weighted by atomic mass is 10.0. The van der Waals surface area contributed by atoms with Crippen LogP contribution in [0.3, 0.4) is 0 Å². The van der Waals surface area contributed by atoms with Gasteiger partial charge in [0.05, 0.1) is 19.4 Å². The van der Waals surface area contributed by atoms with E-state index in [-0.39, 0.29) is 12.8 Å². The lowest BCUT2D eigenvalue weighted by Crippen LogP contribution is -2.58. The number of carboxylic acids is 2. The number of hydrogen-bond donors (Lipinski definition) is 8. The third kappa shape index (κ3) is 8.81. The number of carboxylic acid groups (broad SMARTS) is 2. The normalized spacial score (nSPS) is 14.1. The number of carbonyl (C=O) groups is 5. The summed E-state index contributed by atoms with van der Waals surface area (Å²) in [5.41, 5.74) is 6.54. The zero-order valence-electron chi connectivity index (χ0n) is 19.1. The minimum atomic E-state index is -1.65. The molecule has 4 unspecified atom stereocenters. The van der Waals surface area contributed by atoms with Crippen molar-refractivity contribution in [3.63, 3.8) is 0 Å². The highest BCUT2D eigenvalue weighted by Gasteiger charge is 2.32. The molecule has 2 rings (SSSR count). The number of nitrogens with two attached hydrogens (primary N) is 1. The number of aromatic nitrogens is 2. The first-order chi connectivity index (χ1) is 17.1. The predicted molar refractivity (Wildman–Crippen MR) is 123 cm³/mol. The van der Waals surface area contributed by atoms with Crippen molar-refractivity contribution in [1.29, 1.82) is 0 Å². The molecule has 9 N–H and O–H groups in total. The van der Waals surface area contributed by atoms with Gasteiger partial charge in [0.25, 0.3) is 0 Å². The van der Waals surface area contributed by atoms with Gasteiger partial charge in [-0.2, -0.15) is 0 Å². The van der Waals surface area contributed by atoms with Crippen molar-refractivity contribution in [1.82, 2.24) is 25.9 Å². The number of aliphatic hydroxyl groups excluding tert-OH is 1. The number of nitrogens with one attached hydrogen (secondary N) is 4. The smallest absolute Gasteiger partial charge is 0.326 e. The number of carbonyl (C=O) groups excluding carboxylic acids is 3. The summed E-state index contributed by atoms with van der Waals surface area (Å²) in [6.45, 7) is -0.688. The molecule has 0 aliphatic heterocycles. The van der Waals surface area contributed by atoms with Gasteiger partial charge in [-0.05, 0) is 5.56 Å². The van der Waals surface area contributed by atoms with Crippen molar-refractivity contribution in [2.24, 2.45) is 5.73 Å². The minimum Gasteiger partial charge on any atom is -0.481 e. The first-order valence-electron chi connectivity index (χ1n) is 10.8. The third-order valence-electron chi connectivity index (χ3n) is 5.05. The Kier molecular flexibility index (Phi) is 10.5. The molecule has 1 aromatic carbocycles. The van der Waals surface area contributed by atoms with Crippen molar-refractivity contribution >= 4 is 29.7 Å². The second-order valence-corrected chi connectivity index (χ2v) is 7.88. The molecule has 0 aliphatic rings. The van der Waals surface area contributed by atoms with Gasteiger partial charge in [-0.15, -0.1) is 0 Å². The molecule has 14 nitrogen and oxygen atoms in total. The van der Waals surface area contributed by atoms with Crippen molar-refractivity contribution in [3.8, 4) is 0 Å². The van der Waals surface area contributed by atoms with Crippen LogP contribution in [0, 0.1) is 0 Å². The van der Waals surface area contributed by atoms with Gasteiger partial charge < -0.3 is 42.0 Å². The summed E-state index contributed by atoms with van der Waals surface area (Å²) < 4.78 is 0. The quantitative estimate of drug-likeness (QED) is 0.135. The van der Waals surface area contributed by atoms with Crippen LogP contribution in [0.1, 0.15) is 17.7 Å². The van der Waals surface area contributed by atoms with Crippen LogP contribution in [0.25, 0.3) is 0 Å². The molecular weight excluding hydrogens is 476 g/mol. The van der Waals surface area contributed by atoms with Crippen LogP contribution in [0.5, 0.6) is 0 Å². The highest BCUT2D eigenvalue weighted by molar-refractivity contribution is 5.95. The Balaban J connectivity index is 2.18. The largest absolute Gasteiger partial charge is 0.481 e. The summed E-state index contributed by atoms with van der Waals surface area (Å²) >= 11 is 0. The lowest BCUT2D eigenvalue weighted by molar-refractivity contribution is -0.143. The van der Waals surface area contributed by atoms with Crippen LogP contribution >= 0.6 is 0 Å². The lowest BCUT2D eigenvalue weighted by Gasteiger charge is -2.24. The predicted octanol–water partition coefficient (Wildman–Crippen LogP) is -2.47.